The quantitative estimate of drug-likeness (QED) is 0.687. The van der Waals surface area contributed by atoms with Crippen molar-refractivity contribution in [1.82, 2.24) is 9.80 Å². The number of carbonyl (C=O) groups excluding carboxylic acids is 2. The lowest BCUT2D eigenvalue weighted by molar-refractivity contribution is -0.154. The monoisotopic (exact) mass is 382 g/mol. The van der Waals surface area contributed by atoms with E-state index in [-0.39, 0.29) is 18.4 Å². The van der Waals surface area contributed by atoms with E-state index in [1.54, 1.807) is 4.90 Å². The molecule has 0 radical (unpaired) electrons. The van der Waals surface area contributed by atoms with Gasteiger partial charge in [0.05, 0.1) is 13.7 Å². The van der Waals surface area contributed by atoms with Gasteiger partial charge in [-0.3, -0.25) is 9.69 Å². The Bertz CT molecular complexity index is 809. The molecule has 1 amide bonds. The van der Waals surface area contributed by atoms with Crippen molar-refractivity contribution in [2.24, 2.45) is 0 Å². The minimum absolute atomic E-state index is 0.0906. The molecule has 0 N–H and O–H groups in total. The number of benzene rings is 2. The lowest BCUT2D eigenvalue weighted by Gasteiger charge is -2.36. The molecule has 0 fully saturated rings. The van der Waals surface area contributed by atoms with Gasteiger partial charge in [-0.25, -0.2) is 4.79 Å². The van der Waals surface area contributed by atoms with Gasteiger partial charge in [0, 0.05) is 19.5 Å². The number of likely N-dealkylation sites (N-methyl/N-ethyl adjacent to an activating group) is 1. The summed E-state index contributed by atoms with van der Waals surface area (Å²) in [6.07, 6.45) is 0.482. The lowest BCUT2D eigenvalue weighted by Crippen LogP contribution is -2.51. The highest BCUT2D eigenvalue weighted by molar-refractivity contribution is 5.86. The van der Waals surface area contributed by atoms with E-state index in [1.165, 1.54) is 7.11 Å². The average molecular weight is 382 g/mol. The van der Waals surface area contributed by atoms with E-state index >= 15 is 0 Å². The number of amides is 1. The smallest absolute Gasteiger partial charge is 0.328 e. The van der Waals surface area contributed by atoms with Gasteiger partial charge in [0.25, 0.3) is 0 Å². The standard InChI is InChI=1S/C22H26N2O4/c1-23(12-13-28-19-10-4-3-5-11-19)16-21(25)24-15-18-9-7-6-8-17(18)14-20(24)22(26)27-2/h3-11,20H,12-16H2,1-2H3. The van der Waals surface area contributed by atoms with E-state index < -0.39 is 6.04 Å². The first-order chi connectivity index (χ1) is 13.6. The van der Waals surface area contributed by atoms with Gasteiger partial charge in [-0.05, 0) is 30.3 Å². The van der Waals surface area contributed by atoms with E-state index in [2.05, 4.69) is 0 Å². The van der Waals surface area contributed by atoms with Gasteiger partial charge in [-0.2, -0.15) is 0 Å². The highest BCUT2D eigenvalue weighted by atomic mass is 16.5. The minimum Gasteiger partial charge on any atom is -0.492 e. The molecule has 0 saturated carbocycles. The van der Waals surface area contributed by atoms with E-state index in [1.807, 2.05) is 66.5 Å². The van der Waals surface area contributed by atoms with Crippen molar-refractivity contribution < 1.29 is 19.1 Å². The summed E-state index contributed by atoms with van der Waals surface area (Å²) < 4.78 is 10.6. The van der Waals surface area contributed by atoms with Gasteiger partial charge in [-0.1, -0.05) is 42.5 Å². The van der Waals surface area contributed by atoms with Crippen LogP contribution >= 0.6 is 0 Å². The number of rotatable bonds is 7. The summed E-state index contributed by atoms with van der Waals surface area (Å²) in [7, 11) is 3.23. The number of ether oxygens (including phenoxy) is 2. The van der Waals surface area contributed by atoms with Crippen LogP contribution in [0.3, 0.4) is 0 Å². The molecule has 0 saturated heterocycles. The van der Waals surface area contributed by atoms with Crippen molar-refractivity contribution >= 4 is 11.9 Å². The average Bonchev–Trinajstić information content (AvgIpc) is 2.73. The van der Waals surface area contributed by atoms with Crippen molar-refractivity contribution in [1.29, 1.82) is 0 Å². The summed E-state index contributed by atoms with van der Waals surface area (Å²) in [6, 6.07) is 16.9. The second-order valence-electron chi connectivity index (χ2n) is 6.93. The fraction of sp³-hybridized carbons (Fsp3) is 0.364. The Hall–Kier alpha value is -2.86. The second-order valence-corrected chi connectivity index (χ2v) is 6.93. The van der Waals surface area contributed by atoms with Gasteiger partial charge < -0.3 is 14.4 Å². The largest absolute Gasteiger partial charge is 0.492 e. The van der Waals surface area contributed by atoms with E-state index in [9.17, 15) is 9.59 Å². The topological polar surface area (TPSA) is 59.1 Å². The van der Waals surface area contributed by atoms with E-state index in [4.69, 9.17) is 9.47 Å². The predicted octanol–water partition coefficient (Wildman–Crippen LogP) is 2.12. The molecule has 1 aliphatic heterocycles. The molecule has 28 heavy (non-hydrogen) atoms. The zero-order chi connectivity index (χ0) is 19.9. The van der Waals surface area contributed by atoms with Crippen LogP contribution < -0.4 is 4.74 Å². The van der Waals surface area contributed by atoms with Crippen LogP contribution in [0, 0.1) is 0 Å². The van der Waals surface area contributed by atoms with Crippen LogP contribution in [0.1, 0.15) is 11.1 Å². The van der Waals surface area contributed by atoms with Crippen molar-refractivity contribution in [3.63, 3.8) is 0 Å². The van der Waals surface area contributed by atoms with Gasteiger partial charge in [0.15, 0.2) is 0 Å². The first-order valence-corrected chi connectivity index (χ1v) is 9.39. The van der Waals surface area contributed by atoms with Gasteiger partial charge in [-0.15, -0.1) is 0 Å². The maximum absolute atomic E-state index is 12.9. The van der Waals surface area contributed by atoms with Gasteiger partial charge in [0.1, 0.15) is 18.4 Å². The Kier molecular flexibility index (Phi) is 6.66. The Morgan fingerprint density at radius 3 is 2.46 bits per heavy atom. The normalized spacial score (nSPS) is 15.8. The van der Waals surface area contributed by atoms with Crippen LogP contribution in [0.2, 0.25) is 0 Å². The molecule has 1 unspecified atom stereocenters. The van der Waals surface area contributed by atoms with Crippen LogP contribution in [-0.4, -0.2) is 61.6 Å². The lowest BCUT2D eigenvalue weighted by atomic mass is 9.94. The molecule has 2 aromatic rings. The Labute approximate surface area is 165 Å². The molecule has 3 rings (SSSR count). The maximum atomic E-state index is 12.9. The third-order valence-electron chi connectivity index (χ3n) is 4.93. The number of esters is 1. The van der Waals surface area contributed by atoms with Crippen molar-refractivity contribution in [2.45, 2.75) is 19.0 Å². The van der Waals surface area contributed by atoms with Crippen molar-refractivity contribution in [3.8, 4) is 5.75 Å². The fourth-order valence-corrected chi connectivity index (χ4v) is 3.37. The number of hydrogen-bond donors (Lipinski definition) is 0. The van der Waals surface area contributed by atoms with E-state index in [0.29, 0.717) is 26.1 Å². The van der Waals surface area contributed by atoms with Crippen molar-refractivity contribution in [3.05, 3.63) is 65.7 Å². The SMILES string of the molecule is COC(=O)C1Cc2ccccc2CN1C(=O)CN(C)CCOc1ccccc1. The molecule has 2 aromatic carbocycles. The number of carbonyl (C=O) groups is 2. The number of fused-ring (bicyclic) bond motifs is 1. The number of hydrogen-bond acceptors (Lipinski definition) is 5. The molecule has 0 bridgehead atoms. The molecular formula is C22H26N2O4. The van der Waals surface area contributed by atoms with Gasteiger partial charge in [0.2, 0.25) is 5.91 Å². The number of methoxy groups -OCH3 is 1. The Balaban J connectivity index is 1.58. The second kappa shape index (κ2) is 9.37. The molecule has 0 aromatic heterocycles. The number of para-hydroxylation sites is 1. The first kappa shape index (κ1) is 19.9. The molecule has 148 valence electrons. The number of nitrogens with zero attached hydrogens (tertiary/aromatic N) is 2. The van der Waals surface area contributed by atoms with Crippen LogP contribution in [-0.2, 0) is 27.3 Å². The Morgan fingerprint density at radius 1 is 1.07 bits per heavy atom. The molecule has 6 heteroatoms. The third kappa shape index (κ3) is 4.89. The summed E-state index contributed by atoms with van der Waals surface area (Å²) in [5, 5.41) is 0. The van der Waals surface area contributed by atoms with Gasteiger partial charge >= 0.3 is 5.97 Å². The molecule has 1 aliphatic rings. The first-order valence-electron chi connectivity index (χ1n) is 9.39. The minimum atomic E-state index is -0.582. The third-order valence-corrected chi connectivity index (χ3v) is 4.93. The highest BCUT2D eigenvalue weighted by Gasteiger charge is 2.35. The molecule has 6 nitrogen and oxygen atoms in total. The van der Waals surface area contributed by atoms with Crippen LogP contribution in [0.15, 0.2) is 54.6 Å². The molecular weight excluding hydrogens is 356 g/mol. The van der Waals surface area contributed by atoms with Crippen LogP contribution in [0.4, 0.5) is 0 Å². The zero-order valence-corrected chi connectivity index (χ0v) is 16.3. The van der Waals surface area contributed by atoms with Crippen LogP contribution in [0.5, 0.6) is 5.75 Å². The van der Waals surface area contributed by atoms with Crippen LogP contribution in [0.25, 0.3) is 0 Å². The summed E-state index contributed by atoms with van der Waals surface area (Å²) in [5.41, 5.74) is 2.16. The maximum Gasteiger partial charge on any atom is 0.328 e. The fourth-order valence-electron chi connectivity index (χ4n) is 3.37. The molecule has 1 atom stereocenters. The zero-order valence-electron chi connectivity index (χ0n) is 16.3. The molecule has 1 heterocycles. The van der Waals surface area contributed by atoms with Crippen molar-refractivity contribution in [2.75, 3.05) is 33.9 Å². The molecule has 0 aliphatic carbocycles. The Morgan fingerprint density at radius 2 is 1.75 bits per heavy atom. The summed E-state index contributed by atoms with van der Waals surface area (Å²) >= 11 is 0. The highest BCUT2D eigenvalue weighted by Crippen LogP contribution is 2.24. The summed E-state index contributed by atoms with van der Waals surface area (Å²) in [5.74, 6) is 0.339. The predicted molar refractivity (Wildman–Crippen MR) is 106 cm³/mol. The molecule has 0 spiro atoms. The van der Waals surface area contributed by atoms with E-state index in [0.717, 1.165) is 16.9 Å². The summed E-state index contributed by atoms with van der Waals surface area (Å²) in [6.45, 7) is 1.72. The summed E-state index contributed by atoms with van der Waals surface area (Å²) in [4.78, 5) is 28.7.